The van der Waals surface area contributed by atoms with Crippen LogP contribution in [0.3, 0.4) is 0 Å². The van der Waals surface area contributed by atoms with Crippen LogP contribution in [0.1, 0.15) is 70.2 Å². The summed E-state index contributed by atoms with van der Waals surface area (Å²) >= 11 is 0. The molecule has 6 amide bonds. The molecule has 4 rings (SSSR count). The monoisotopic (exact) mass is 758 g/mol. The van der Waals surface area contributed by atoms with E-state index in [4.69, 9.17) is 9.47 Å². The van der Waals surface area contributed by atoms with E-state index in [1.807, 2.05) is 60.7 Å². The quantitative estimate of drug-likeness (QED) is 0.0765. The van der Waals surface area contributed by atoms with Crippen molar-refractivity contribution in [1.29, 1.82) is 0 Å². The molecule has 15 heteroatoms. The fourth-order valence-electron chi connectivity index (χ4n) is 5.84. The zero-order valence-corrected chi connectivity index (χ0v) is 31.7. The smallest absolute Gasteiger partial charge is 0.410 e. The van der Waals surface area contributed by atoms with Crippen LogP contribution in [-0.2, 0) is 41.7 Å². The maximum atomic E-state index is 13.7. The van der Waals surface area contributed by atoms with E-state index in [0.29, 0.717) is 30.8 Å². The number of hydrogen-bond donors (Lipinski definition) is 6. The summed E-state index contributed by atoms with van der Waals surface area (Å²) in [6, 6.07) is 19.9. The number of amides is 6. The molecule has 1 saturated heterocycles. The van der Waals surface area contributed by atoms with E-state index >= 15 is 0 Å². The maximum absolute atomic E-state index is 13.7. The molecule has 1 heterocycles. The lowest BCUT2D eigenvalue weighted by Gasteiger charge is -2.29. The standard InChI is InChI=1S/C40H50N6O9/c1-25(29-15-10-7-11-16-29)41-35(48)31(23-27-18-20-30(21-19-27)54-24-28-13-8-6-9-14-28)43-37(50)33(38(51)45-53)44-34(47)26(2)42-36(49)32-17-12-22-46(32)39(52)55-40(3,4)5/h6-11,13-16,18-21,25-26,31-33,53H,12,17,22-24H2,1-5H3,(H,41,48)(H,42,49)(H,43,50)(H,44,47)(H,45,51)/t25-,26-,31-,32-,33?/m0/s1. The third-order valence-electron chi connectivity index (χ3n) is 8.76. The minimum atomic E-state index is -2.00. The van der Waals surface area contributed by atoms with Crippen LogP contribution in [0.15, 0.2) is 84.9 Å². The van der Waals surface area contributed by atoms with Crippen LogP contribution in [-0.4, -0.2) is 82.0 Å². The molecule has 5 atom stereocenters. The molecular weight excluding hydrogens is 708 g/mol. The Hall–Kier alpha value is -5.96. The van der Waals surface area contributed by atoms with E-state index in [0.717, 1.165) is 11.1 Å². The third kappa shape index (κ3) is 12.6. The lowest BCUT2D eigenvalue weighted by molar-refractivity contribution is -0.142. The first-order chi connectivity index (χ1) is 26.1. The highest BCUT2D eigenvalue weighted by atomic mass is 16.6. The normalized spacial score (nSPS) is 16.0. The summed E-state index contributed by atoms with van der Waals surface area (Å²) < 4.78 is 11.3. The highest BCUT2D eigenvalue weighted by Gasteiger charge is 2.38. The Labute approximate surface area is 320 Å². The van der Waals surface area contributed by atoms with Crippen LogP contribution in [0, 0.1) is 0 Å². The Bertz CT molecular complexity index is 1780. The van der Waals surface area contributed by atoms with E-state index in [1.165, 1.54) is 17.3 Å². The van der Waals surface area contributed by atoms with Crippen molar-refractivity contribution >= 4 is 35.6 Å². The second kappa shape index (κ2) is 19.4. The number of likely N-dealkylation sites (tertiary alicyclic amines) is 1. The minimum absolute atomic E-state index is 0.0124. The molecular formula is C40H50N6O9. The number of nitrogens with zero attached hydrogens (tertiary/aromatic N) is 1. The van der Waals surface area contributed by atoms with Crippen molar-refractivity contribution in [2.24, 2.45) is 0 Å². The van der Waals surface area contributed by atoms with Crippen LogP contribution in [0.4, 0.5) is 4.79 Å². The minimum Gasteiger partial charge on any atom is -0.489 e. The van der Waals surface area contributed by atoms with E-state index < -0.39 is 71.4 Å². The summed E-state index contributed by atoms with van der Waals surface area (Å²) in [6.07, 6.45) is 0.207. The van der Waals surface area contributed by atoms with Gasteiger partial charge >= 0.3 is 6.09 Å². The van der Waals surface area contributed by atoms with E-state index in [9.17, 15) is 34.0 Å². The zero-order valence-electron chi connectivity index (χ0n) is 31.7. The number of ether oxygens (including phenoxy) is 2. The Morgan fingerprint density at radius 3 is 2.02 bits per heavy atom. The van der Waals surface area contributed by atoms with Gasteiger partial charge in [0, 0.05) is 13.0 Å². The summed E-state index contributed by atoms with van der Waals surface area (Å²) in [7, 11) is 0. The third-order valence-corrected chi connectivity index (χ3v) is 8.76. The SMILES string of the molecule is C[C@H](NC(=O)[C@@H]1CCCN1C(=O)OC(C)(C)C)C(=O)NC(C(=O)NO)C(=O)N[C@@H](Cc1ccc(OCc2ccccc2)cc1)C(=O)N[C@@H](C)c1ccccc1. The van der Waals surface area contributed by atoms with Gasteiger partial charge in [-0.05, 0) is 76.3 Å². The topological polar surface area (TPSA) is 204 Å². The van der Waals surface area contributed by atoms with Gasteiger partial charge in [-0.2, -0.15) is 0 Å². The predicted octanol–water partition coefficient (Wildman–Crippen LogP) is 3.06. The van der Waals surface area contributed by atoms with Crippen molar-refractivity contribution in [2.75, 3.05) is 6.54 Å². The van der Waals surface area contributed by atoms with Crippen LogP contribution in [0.5, 0.6) is 5.75 Å². The first-order valence-electron chi connectivity index (χ1n) is 18.1. The Kier molecular flexibility index (Phi) is 14.7. The molecule has 294 valence electrons. The average molecular weight is 759 g/mol. The molecule has 1 aliphatic heterocycles. The fraction of sp³-hybridized carbons (Fsp3) is 0.400. The van der Waals surface area contributed by atoms with Crippen LogP contribution in [0.2, 0.25) is 0 Å². The molecule has 1 fully saturated rings. The van der Waals surface area contributed by atoms with Gasteiger partial charge in [0.05, 0.1) is 6.04 Å². The summed E-state index contributed by atoms with van der Waals surface area (Å²) in [5.74, 6) is -3.93. The number of hydrogen-bond acceptors (Lipinski definition) is 9. The highest BCUT2D eigenvalue weighted by Crippen LogP contribution is 2.21. The molecule has 3 aromatic rings. The van der Waals surface area contributed by atoms with E-state index in [-0.39, 0.29) is 13.0 Å². The second-order valence-corrected chi connectivity index (χ2v) is 14.3. The molecule has 1 aliphatic rings. The fourth-order valence-corrected chi connectivity index (χ4v) is 5.84. The van der Waals surface area contributed by atoms with Gasteiger partial charge in [-0.15, -0.1) is 0 Å². The summed E-state index contributed by atoms with van der Waals surface area (Å²) in [5, 5.41) is 19.7. The predicted molar refractivity (Wildman–Crippen MR) is 201 cm³/mol. The number of benzene rings is 3. The van der Waals surface area contributed by atoms with Crippen LogP contribution in [0.25, 0.3) is 0 Å². The van der Waals surface area contributed by atoms with Gasteiger partial charge in [0.2, 0.25) is 17.7 Å². The highest BCUT2D eigenvalue weighted by molar-refractivity contribution is 6.08. The van der Waals surface area contributed by atoms with E-state index in [1.54, 1.807) is 52.0 Å². The van der Waals surface area contributed by atoms with Crippen molar-refractivity contribution in [3.05, 3.63) is 102 Å². The molecule has 0 spiro atoms. The first kappa shape index (κ1) is 41.8. The van der Waals surface area contributed by atoms with Gasteiger partial charge in [0.25, 0.3) is 11.8 Å². The molecule has 15 nitrogen and oxygen atoms in total. The van der Waals surface area contributed by atoms with Crippen molar-refractivity contribution in [1.82, 2.24) is 31.6 Å². The summed E-state index contributed by atoms with van der Waals surface area (Å²) in [6.45, 7) is 8.87. The van der Waals surface area contributed by atoms with Gasteiger partial charge in [-0.1, -0.05) is 72.8 Å². The second-order valence-electron chi connectivity index (χ2n) is 14.3. The molecule has 55 heavy (non-hydrogen) atoms. The van der Waals surface area contributed by atoms with Crippen molar-refractivity contribution in [2.45, 2.75) is 96.3 Å². The molecule has 0 radical (unpaired) electrons. The van der Waals surface area contributed by atoms with Gasteiger partial charge in [0.15, 0.2) is 6.04 Å². The molecule has 6 N–H and O–H groups in total. The number of rotatable bonds is 15. The summed E-state index contributed by atoms with van der Waals surface area (Å²) in [4.78, 5) is 80.5. The molecule has 1 unspecified atom stereocenters. The van der Waals surface area contributed by atoms with Crippen molar-refractivity contribution in [3.8, 4) is 5.75 Å². The van der Waals surface area contributed by atoms with Crippen LogP contribution >= 0.6 is 0 Å². The van der Waals surface area contributed by atoms with Gasteiger partial charge in [-0.3, -0.25) is 34.1 Å². The zero-order chi connectivity index (χ0) is 40.1. The molecule has 0 aliphatic carbocycles. The molecule has 0 saturated carbocycles. The Morgan fingerprint density at radius 2 is 1.40 bits per heavy atom. The largest absolute Gasteiger partial charge is 0.489 e. The average Bonchev–Trinajstić information content (AvgIpc) is 3.67. The maximum Gasteiger partial charge on any atom is 0.410 e. The number of carbonyl (C=O) groups is 6. The van der Waals surface area contributed by atoms with Gasteiger partial charge in [0.1, 0.15) is 36.1 Å². The number of nitrogens with one attached hydrogen (secondary N) is 5. The number of carbonyl (C=O) groups excluding carboxylic acids is 6. The van der Waals surface area contributed by atoms with Crippen molar-refractivity contribution < 1.29 is 43.4 Å². The van der Waals surface area contributed by atoms with Gasteiger partial charge in [-0.25, -0.2) is 10.3 Å². The van der Waals surface area contributed by atoms with E-state index in [2.05, 4.69) is 21.3 Å². The first-order valence-corrected chi connectivity index (χ1v) is 18.1. The molecule has 0 bridgehead atoms. The lowest BCUT2D eigenvalue weighted by Crippen LogP contribution is -2.61. The Balaban J connectivity index is 1.45. The van der Waals surface area contributed by atoms with Crippen molar-refractivity contribution in [3.63, 3.8) is 0 Å². The summed E-state index contributed by atoms with van der Waals surface area (Å²) in [5.41, 5.74) is 3.05. The lowest BCUT2D eigenvalue weighted by atomic mass is 10.0. The molecule has 3 aromatic carbocycles. The van der Waals surface area contributed by atoms with Gasteiger partial charge < -0.3 is 30.7 Å². The Morgan fingerprint density at radius 1 is 0.764 bits per heavy atom. The van der Waals surface area contributed by atoms with Crippen LogP contribution < -0.4 is 31.5 Å². The number of hydroxylamine groups is 1. The molecule has 0 aromatic heterocycles.